The Balaban J connectivity index is 0.000000515. The Morgan fingerprint density at radius 2 is 1.70 bits per heavy atom. The third-order valence-corrected chi connectivity index (χ3v) is 5.91. The van der Waals surface area contributed by atoms with E-state index >= 15 is 0 Å². The topological polar surface area (TPSA) is 91.3 Å². The largest absolute Gasteiger partial charge is 0.741 e. The summed E-state index contributed by atoms with van der Waals surface area (Å²) in [4.78, 5) is 22.6. The molecule has 0 amide bonds. The summed E-state index contributed by atoms with van der Waals surface area (Å²) in [6, 6.07) is 0. The van der Waals surface area contributed by atoms with Crippen molar-refractivity contribution in [2.75, 3.05) is 17.3 Å². The second-order valence-corrected chi connectivity index (χ2v) is 8.80. The highest BCUT2D eigenvalue weighted by Crippen LogP contribution is 2.20. The summed E-state index contributed by atoms with van der Waals surface area (Å²) in [5, 5.41) is 0. The zero-order chi connectivity index (χ0) is 18.1. The summed E-state index contributed by atoms with van der Waals surface area (Å²) in [5.74, 6) is 3.49. The van der Waals surface area contributed by atoms with Crippen molar-refractivity contribution in [3.8, 4) is 0 Å². The fourth-order valence-corrected chi connectivity index (χ4v) is 3.88. The molecule has 0 N–H and O–H groups in total. The van der Waals surface area contributed by atoms with Crippen LogP contribution in [0.2, 0.25) is 0 Å². The van der Waals surface area contributed by atoms with Gasteiger partial charge in [-0.15, -0.1) is 0 Å². The molecule has 0 aliphatic carbocycles. The normalized spacial score (nSPS) is 16.7. The van der Waals surface area contributed by atoms with Crippen LogP contribution < -0.4 is 0 Å². The molecule has 10 heteroatoms. The number of hydrogen-bond acceptors (Lipinski definition) is 5. The van der Waals surface area contributed by atoms with Crippen LogP contribution in [-0.2, 0) is 30.6 Å². The van der Waals surface area contributed by atoms with Crippen molar-refractivity contribution < 1.29 is 35.7 Å². The predicted octanol–water partition coefficient (Wildman–Crippen LogP) is 2.17. The molecule has 0 aromatic carbocycles. The second kappa shape index (κ2) is 10.3. The molecule has 0 aromatic heterocycles. The van der Waals surface area contributed by atoms with E-state index in [1.165, 1.54) is 6.42 Å². The highest BCUT2D eigenvalue weighted by molar-refractivity contribution is 7.97. The van der Waals surface area contributed by atoms with Crippen molar-refractivity contribution in [2.24, 2.45) is 0 Å². The zero-order valence-corrected chi connectivity index (χ0v) is 14.5. The minimum absolute atomic E-state index is 0.229. The molecule has 1 saturated heterocycles. The van der Waals surface area contributed by atoms with Gasteiger partial charge in [-0.2, -0.15) is 13.2 Å². The number of Topliss-reactive ketones (excluding diaryl/α,β-unsaturated/α-hetero) is 2. The average Bonchev–Trinajstić information content (AvgIpc) is 2.40. The van der Waals surface area contributed by atoms with Crippen molar-refractivity contribution in [3.63, 3.8) is 0 Å². The van der Waals surface area contributed by atoms with E-state index in [1.54, 1.807) is 0 Å². The van der Waals surface area contributed by atoms with Crippen LogP contribution >= 0.6 is 0 Å². The van der Waals surface area contributed by atoms with E-state index in [9.17, 15) is 22.8 Å². The minimum Gasteiger partial charge on any atom is -0.741 e. The molecule has 0 radical (unpaired) electrons. The number of halogens is 3. The van der Waals surface area contributed by atoms with Gasteiger partial charge in [0, 0.05) is 6.42 Å². The van der Waals surface area contributed by atoms with Crippen LogP contribution in [0.25, 0.3) is 0 Å². The van der Waals surface area contributed by atoms with Crippen molar-refractivity contribution in [2.45, 2.75) is 51.0 Å². The fraction of sp³-hybridized carbons (Fsp3) is 0.846. The average molecular weight is 378 g/mol. The van der Waals surface area contributed by atoms with E-state index in [4.69, 9.17) is 13.0 Å². The van der Waals surface area contributed by atoms with E-state index in [2.05, 4.69) is 6.92 Å². The molecule has 0 spiro atoms. The maximum absolute atomic E-state index is 11.6. The first kappa shape index (κ1) is 22.4. The molecule has 0 atom stereocenters. The first-order valence-corrected chi connectivity index (χ1v) is 10.3. The summed E-state index contributed by atoms with van der Waals surface area (Å²) >= 11 is 0. The summed E-state index contributed by atoms with van der Waals surface area (Å²) < 4.78 is 58.9. The fourth-order valence-electron chi connectivity index (χ4n) is 1.76. The first-order chi connectivity index (χ1) is 10.5. The summed E-state index contributed by atoms with van der Waals surface area (Å²) in [6.45, 7) is 2.15. The number of ketones is 2. The predicted molar refractivity (Wildman–Crippen MR) is 81.1 cm³/mol. The lowest BCUT2D eigenvalue weighted by atomic mass is 10.2. The first-order valence-electron chi connectivity index (χ1n) is 7.17. The highest BCUT2D eigenvalue weighted by atomic mass is 32.2. The van der Waals surface area contributed by atoms with Gasteiger partial charge in [-0.05, 0) is 17.3 Å². The van der Waals surface area contributed by atoms with Gasteiger partial charge in [-0.1, -0.05) is 19.8 Å². The maximum Gasteiger partial charge on any atom is 0.485 e. The Labute approximate surface area is 137 Å². The smallest absolute Gasteiger partial charge is 0.485 e. The molecule has 1 rings (SSSR count). The van der Waals surface area contributed by atoms with Crippen LogP contribution in [-0.4, -0.2) is 47.3 Å². The van der Waals surface area contributed by atoms with Crippen LogP contribution in [0.4, 0.5) is 13.2 Å². The van der Waals surface area contributed by atoms with Gasteiger partial charge in [0.25, 0.3) is 0 Å². The van der Waals surface area contributed by atoms with Gasteiger partial charge in [-0.3, -0.25) is 9.59 Å². The SMILES string of the molecule is CCCCCC(=O)C[S+]1CCC(=O)CC1.O=S(=O)([O-])C(F)(F)F. The number of carbonyl (C=O) groups excluding carboxylic acids is 2. The second-order valence-electron chi connectivity index (χ2n) is 5.10. The summed E-state index contributed by atoms with van der Waals surface area (Å²) in [6.07, 6.45) is 5.57. The molecule has 1 aliphatic heterocycles. The van der Waals surface area contributed by atoms with Gasteiger partial charge in [0.05, 0.1) is 12.8 Å². The van der Waals surface area contributed by atoms with Gasteiger partial charge < -0.3 is 4.55 Å². The molecule has 1 fully saturated rings. The molecule has 0 bridgehead atoms. The van der Waals surface area contributed by atoms with E-state index in [0.717, 1.165) is 36.5 Å². The van der Waals surface area contributed by atoms with Gasteiger partial charge in [0.2, 0.25) is 0 Å². The van der Waals surface area contributed by atoms with Crippen LogP contribution in [0, 0.1) is 0 Å². The standard InChI is InChI=1S/C12H21O2S.CHF3O3S/c1-2-3-4-5-12(14)10-15-8-6-11(13)7-9-15;2-1(3,4)8(5,6)7/h2-10H2,1H3;(H,5,6,7)/q+1;/p-1. The van der Waals surface area contributed by atoms with Crippen molar-refractivity contribution in [3.05, 3.63) is 0 Å². The quantitative estimate of drug-likeness (QED) is 0.306. The van der Waals surface area contributed by atoms with Gasteiger partial charge >= 0.3 is 5.51 Å². The molecule has 1 aliphatic rings. The number of rotatable bonds is 6. The monoisotopic (exact) mass is 378 g/mol. The lowest BCUT2D eigenvalue weighted by Gasteiger charge is -2.12. The number of hydrogen-bond donors (Lipinski definition) is 0. The van der Waals surface area contributed by atoms with Crippen LogP contribution in [0.15, 0.2) is 0 Å². The lowest BCUT2D eigenvalue weighted by molar-refractivity contribution is -0.119. The molecule has 5 nitrogen and oxygen atoms in total. The number of alkyl halides is 3. The summed E-state index contributed by atoms with van der Waals surface area (Å²) in [5.41, 5.74) is -5.65. The van der Waals surface area contributed by atoms with E-state index < -0.39 is 15.6 Å². The Bertz CT molecular complexity index is 478. The molecule has 23 heavy (non-hydrogen) atoms. The van der Waals surface area contributed by atoms with Gasteiger partial charge in [-0.25, -0.2) is 8.42 Å². The van der Waals surface area contributed by atoms with Crippen molar-refractivity contribution in [1.82, 2.24) is 0 Å². The zero-order valence-electron chi connectivity index (χ0n) is 12.9. The Morgan fingerprint density at radius 1 is 1.22 bits per heavy atom. The number of carbonyl (C=O) groups is 2. The Hall–Kier alpha value is -0.610. The highest BCUT2D eigenvalue weighted by Gasteiger charge is 2.36. The molecule has 0 unspecified atom stereocenters. The van der Waals surface area contributed by atoms with Crippen LogP contribution in [0.1, 0.15) is 45.4 Å². The lowest BCUT2D eigenvalue weighted by Crippen LogP contribution is -2.29. The Morgan fingerprint density at radius 3 is 2.09 bits per heavy atom. The van der Waals surface area contributed by atoms with Crippen molar-refractivity contribution in [1.29, 1.82) is 0 Å². The van der Waals surface area contributed by atoms with Crippen molar-refractivity contribution >= 4 is 32.6 Å². The molecular formula is C13H21F3O5S2. The third-order valence-electron chi connectivity index (χ3n) is 3.05. The molecule has 0 saturated carbocycles. The maximum atomic E-state index is 11.6. The summed E-state index contributed by atoms with van der Waals surface area (Å²) in [7, 11) is -5.86. The van der Waals surface area contributed by atoms with Crippen LogP contribution in [0.5, 0.6) is 0 Å². The van der Waals surface area contributed by atoms with Crippen LogP contribution in [0.3, 0.4) is 0 Å². The third kappa shape index (κ3) is 10.7. The number of unbranched alkanes of at least 4 members (excludes halogenated alkanes) is 2. The van der Waals surface area contributed by atoms with E-state index in [-0.39, 0.29) is 10.9 Å². The van der Waals surface area contributed by atoms with E-state index in [1.807, 2.05) is 0 Å². The van der Waals surface area contributed by atoms with Gasteiger partial charge in [0.15, 0.2) is 21.7 Å². The molecular weight excluding hydrogens is 357 g/mol. The molecule has 1 heterocycles. The van der Waals surface area contributed by atoms with Gasteiger partial charge in [0.1, 0.15) is 17.3 Å². The molecule has 136 valence electrons. The Kier molecular flexibility index (Phi) is 10.0. The molecule has 0 aromatic rings. The minimum atomic E-state index is -6.09. The van der Waals surface area contributed by atoms with E-state index in [0.29, 0.717) is 24.4 Å².